The van der Waals surface area contributed by atoms with Crippen LogP contribution in [0.2, 0.25) is 0 Å². The van der Waals surface area contributed by atoms with Crippen molar-refractivity contribution >= 4 is 23.0 Å². The number of para-hydroxylation sites is 2. The second kappa shape index (κ2) is 9.30. The molecular formula is C26H29N3O3. The predicted molar refractivity (Wildman–Crippen MR) is 127 cm³/mol. The number of allylic oxidation sites excluding steroid dienone is 1. The summed E-state index contributed by atoms with van der Waals surface area (Å²) in [6.45, 7) is 10.7. The lowest BCUT2D eigenvalue weighted by Gasteiger charge is -2.30. The highest BCUT2D eigenvalue weighted by Gasteiger charge is 2.34. The van der Waals surface area contributed by atoms with Crippen LogP contribution in [0.4, 0.5) is 5.95 Å². The van der Waals surface area contributed by atoms with E-state index in [0.717, 1.165) is 34.5 Å². The van der Waals surface area contributed by atoms with E-state index in [9.17, 15) is 4.79 Å². The Morgan fingerprint density at radius 1 is 1.22 bits per heavy atom. The van der Waals surface area contributed by atoms with Gasteiger partial charge in [0, 0.05) is 5.70 Å². The van der Waals surface area contributed by atoms with Crippen LogP contribution in [0.3, 0.4) is 0 Å². The lowest BCUT2D eigenvalue weighted by Crippen LogP contribution is -2.29. The van der Waals surface area contributed by atoms with Crippen LogP contribution < -0.4 is 10.1 Å². The number of nitrogens with zero attached hydrogens (tertiary/aromatic N) is 2. The number of carbonyl (C=O) groups is 1. The Labute approximate surface area is 188 Å². The van der Waals surface area contributed by atoms with E-state index in [1.54, 1.807) is 6.08 Å². The van der Waals surface area contributed by atoms with Gasteiger partial charge in [0.25, 0.3) is 0 Å². The number of fused-ring (bicyclic) bond motifs is 3. The SMILES string of the molecule is C=CCOC(=O)C1=C(C)Nc2nc3ccccc3n2C1c1ccc(OCCC(C)C)cc1. The molecule has 6 heteroatoms. The van der Waals surface area contributed by atoms with Crippen molar-refractivity contribution in [3.05, 3.63) is 78.0 Å². The second-order valence-corrected chi connectivity index (χ2v) is 8.35. The third-order valence-electron chi connectivity index (χ3n) is 5.54. The summed E-state index contributed by atoms with van der Waals surface area (Å²) in [6, 6.07) is 15.5. The number of imidazole rings is 1. The molecule has 6 nitrogen and oxygen atoms in total. The molecule has 2 heterocycles. The lowest BCUT2D eigenvalue weighted by atomic mass is 9.95. The van der Waals surface area contributed by atoms with Crippen molar-refractivity contribution in [2.45, 2.75) is 33.2 Å². The molecule has 3 aromatic rings. The molecule has 1 aliphatic rings. The van der Waals surface area contributed by atoms with Gasteiger partial charge in [0.15, 0.2) is 0 Å². The second-order valence-electron chi connectivity index (χ2n) is 8.35. The standard InChI is InChI=1S/C26H29N3O3/c1-5-15-32-25(30)23-18(4)27-26-28-21-8-6-7-9-22(21)29(26)24(23)19-10-12-20(13-11-19)31-16-14-17(2)3/h5-13,17,24H,1,14-16H2,2-4H3,(H,27,28). The van der Waals surface area contributed by atoms with Crippen molar-refractivity contribution in [1.82, 2.24) is 9.55 Å². The Morgan fingerprint density at radius 2 is 1.97 bits per heavy atom. The van der Waals surface area contributed by atoms with Crippen LogP contribution in [0.5, 0.6) is 5.75 Å². The highest BCUT2D eigenvalue weighted by Crippen LogP contribution is 2.39. The molecule has 0 saturated carbocycles. The molecule has 166 valence electrons. The van der Waals surface area contributed by atoms with Crippen molar-refractivity contribution in [1.29, 1.82) is 0 Å². The Bertz CT molecular complexity index is 1160. The minimum absolute atomic E-state index is 0.155. The Morgan fingerprint density at radius 3 is 2.69 bits per heavy atom. The van der Waals surface area contributed by atoms with Crippen molar-refractivity contribution in [2.24, 2.45) is 5.92 Å². The average molecular weight is 432 g/mol. The van der Waals surface area contributed by atoms with Crippen LogP contribution in [0, 0.1) is 5.92 Å². The van der Waals surface area contributed by atoms with Gasteiger partial charge in [-0.25, -0.2) is 9.78 Å². The molecule has 1 atom stereocenters. The highest BCUT2D eigenvalue weighted by atomic mass is 16.5. The van der Waals surface area contributed by atoms with Crippen LogP contribution >= 0.6 is 0 Å². The number of esters is 1. The van der Waals surface area contributed by atoms with E-state index in [1.807, 2.05) is 55.5 Å². The molecule has 0 spiro atoms. The van der Waals surface area contributed by atoms with E-state index in [0.29, 0.717) is 24.0 Å². The van der Waals surface area contributed by atoms with Crippen LogP contribution in [-0.4, -0.2) is 28.7 Å². The number of hydrogen-bond donors (Lipinski definition) is 1. The summed E-state index contributed by atoms with van der Waals surface area (Å²) in [5, 5.41) is 3.29. The molecule has 0 radical (unpaired) electrons. The zero-order valence-corrected chi connectivity index (χ0v) is 18.8. The third-order valence-corrected chi connectivity index (χ3v) is 5.54. The molecular weight excluding hydrogens is 402 g/mol. The molecule has 0 aliphatic carbocycles. The Balaban J connectivity index is 1.75. The molecule has 0 saturated heterocycles. The fourth-order valence-electron chi connectivity index (χ4n) is 3.91. The maximum absolute atomic E-state index is 13.1. The summed E-state index contributed by atoms with van der Waals surface area (Å²) in [4.78, 5) is 17.8. The Hall–Kier alpha value is -3.54. The van der Waals surface area contributed by atoms with Crippen molar-refractivity contribution < 1.29 is 14.3 Å². The van der Waals surface area contributed by atoms with Gasteiger partial charge in [-0.05, 0) is 49.1 Å². The van der Waals surface area contributed by atoms with E-state index in [1.165, 1.54) is 0 Å². The fourth-order valence-corrected chi connectivity index (χ4v) is 3.91. The highest BCUT2D eigenvalue weighted by molar-refractivity contribution is 5.94. The lowest BCUT2D eigenvalue weighted by molar-refractivity contribution is -0.138. The molecule has 1 aliphatic heterocycles. The van der Waals surface area contributed by atoms with E-state index < -0.39 is 0 Å². The molecule has 32 heavy (non-hydrogen) atoms. The molecule has 1 aromatic heterocycles. The molecule has 0 fully saturated rings. The summed E-state index contributed by atoms with van der Waals surface area (Å²) in [6.07, 6.45) is 2.57. The minimum Gasteiger partial charge on any atom is -0.494 e. The Kier molecular flexibility index (Phi) is 6.30. The van der Waals surface area contributed by atoms with Crippen LogP contribution in [0.1, 0.15) is 38.8 Å². The molecule has 4 rings (SSSR count). The van der Waals surface area contributed by atoms with E-state index in [-0.39, 0.29) is 18.6 Å². The summed E-state index contributed by atoms with van der Waals surface area (Å²) in [7, 11) is 0. The number of ether oxygens (including phenoxy) is 2. The number of anilines is 1. The van der Waals surface area contributed by atoms with Gasteiger partial charge in [0.05, 0.1) is 29.3 Å². The zero-order chi connectivity index (χ0) is 22.7. The first kappa shape index (κ1) is 21.7. The summed E-state index contributed by atoms with van der Waals surface area (Å²) < 4.78 is 13.4. The maximum Gasteiger partial charge on any atom is 0.338 e. The summed E-state index contributed by atoms with van der Waals surface area (Å²) in [5.41, 5.74) is 4.04. The number of rotatable bonds is 8. The quantitative estimate of drug-likeness (QED) is 0.378. The largest absolute Gasteiger partial charge is 0.494 e. The zero-order valence-electron chi connectivity index (χ0n) is 18.8. The smallest absolute Gasteiger partial charge is 0.338 e. The average Bonchev–Trinajstić information content (AvgIpc) is 3.14. The molecule has 2 aromatic carbocycles. The summed E-state index contributed by atoms with van der Waals surface area (Å²) >= 11 is 0. The first-order chi connectivity index (χ1) is 15.5. The fraction of sp³-hybridized carbons (Fsp3) is 0.308. The molecule has 0 amide bonds. The first-order valence-electron chi connectivity index (χ1n) is 10.9. The van der Waals surface area contributed by atoms with E-state index in [4.69, 9.17) is 14.5 Å². The maximum atomic E-state index is 13.1. The summed E-state index contributed by atoms with van der Waals surface area (Å²) in [5.74, 6) is 1.73. The first-order valence-corrected chi connectivity index (χ1v) is 10.9. The van der Waals surface area contributed by atoms with Gasteiger partial charge in [0.2, 0.25) is 5.95 Å². The monoisotopic (exact) mass is 431 g/mol. The molecule has 0 bridgehead atoms. The number of hydrogen-bond acceptors (Lipinski definition) is 5. The van der Waals surface area contributed by atoms with Gasteiger partial charge in [-0.3, -0.25) is 4.57 Å². The van der Waals surface area contributed by atoms with Crippen molar-refractivity contribution in [3.8, 4) is 5.75 Å². The topological polar surface area (TPSA) is 65.4 Å². The van der Waals surface area contributed by atoms with Gasteiger partial charge in [-0.1, -0.05) is 50.8 Å². The van der Waals surface area contributed by atoms with E-state index >= 15 is 0 Å². The third kappa shape index (κ3) is 4.26. The molecule has 1 unspecified atom stereocenters. The predicted octanol–water partition coefficient (Wildman–Crippen LogP) is 5.48. The normalized spacial score (nSPS) is 15.4. The number of benzene rings is 2. The van der Waals surface area contributed by atoms with Gasteiger partial charge >= 0.3 is 5.97 Å². The number of carbonyl (C=O) groups excluding carboxylic acids is 1. The van der Waals surface area contributed by atoms with E-state index in [2.05, 4.69) is 30.3 Å². The van der Waals surface area contributed by atoms with Gasteiger partial charge in [0.1, 0.15) is 12.4 Å². The number of aromatic nitrogens is 2. The minimum atomic E-state index is -0.374. The van der Waals surface area contributed by atoms with Gasteiger partial charge < -0.3 is 14.8 Å². The van der Waals surface area contributed by atoms with Gasteiger partial charge in [-0.15, -0.1) is 0 Å². The van der Waals surface area contributed by atoms with Crippen LogP contribution in [0.25, 0.3) is 11.0 Å². The van der Waals surface area contributed by atoms with Crippen molar-refractivity contribution in [3.63, 3.8) is 0 Å². The molecule has 1 N–H and O–H groups in total. The van der Waals surface area contributed by atoms with Crippen molar-refractivity contribution in [2.75, 3.05) is 18.5 Å². The van der Waals surface area contributed by atoms with Crippen LogP contribution in [0.15, 0.2) is 72.5 Å². The number of nitrogens with one attached hydrogen (secondary N) is 1. The van der Waals surface area contributed by atoms with Gasteiger partial charge in [-0.2, -0.15) is 0 Å². The van der Waals surface area contributed by atoms with Crippen LogP contribution in [-0.2, 0) is 9.53 Å².